The number of nitrogens with zero attached hydrogens (tertiary/aromatic N) is 2. The molecule has 7 heteroatoms. The van der Waals surface area contributed by atoms with Crippen molar-refractivity contribution in [3.05, 3.63) is 70.8 Å². The molecule has 3 rings (SSSR count). The molecule has 1 heterocycles. The summed E-state index contributed by atoms with van der Waals surface area (Å²) in [6, 6.07) is 12.2. The number of carbonyl (C=O) groups is 2. The van der Waals surface area contributed by atoms with Gasteiger partial charge in [0.05, 0.1) is 5.56 Å². The average molecular weight is 432 g/mol. The molecule has 0 aliphatic carbocycles. The summed E-state index contributed by atoms with van der Waals surface area (Å²) in [7, 11) is 1.49. The minimum absolute atomic E-state index is 0.0297. The first kappa shape index (κ1) is 22.8. The number of carbonyl (C=O) groups excluding carboxylic acids is 2. The molecular weight excluding hydrogens is 405 g/mol. The summed E-state index contributed by atoms with van der Waals surface area (Å²) in [6.45, 7) is 4.02. The number of likely N-dealkylation sites (N-methyl/N-ethyl adjacent to an activating group) is 1. The molecule has 1 atom stereocenters. The fourth-order valence-corrected chi connectivity index (χ4v) is 3.99. The van der Waals surface area contributed by atoms with Gasteiger partial charge in [-0.15, -0.1) is 0 Å². The van der Waals surface area contributed by atoms with Crippen molar-refractivity contribution < 1.29 is 22.8 Å². The van der Waals surface area contributed by atoms with E-state index < -0.39 is 17.8 Å². The van der Waals surface area contributed by atoms with Crippen LogP contribution in [-0.2, 0) is 35.3 Å². The van der Waals surface area contributed by atoms with E-state index in [2.05, 4.69) is 0 Å². The summed E-state index contributed by atoms with van der Waals surface area (Å²) in [4.78, 5) is 29.1. The Morgan fingerprint density at radius 2 is 1.68 bits per heavy atom. The van der Waals surface area contributed by atoms with Gasteiger partial charge in [-0.1, -0.05) is 56.3 Å². The van der Waals surface area contributed by atoms with E-state index in [1.165, 1.54) is 30.1 Å². The fraction of sp³-hybridized carbons (Fsp3) is 0.417. The molecule has 4 nitrogen and oxygen atoms in total. The van der Waals surface area contributed by atoms with Crippen LogP contribution in [0.5, 0.6) is 0 Å². The van der Waals surface area contributed by atoms with Crippen LogP contribution in [0.4, 0.5) is 13.2 Å². The van der Waals surface area contributed by atoms with Gasteiger partial charge in [-0.2, -0.15) is 13.2 Å². The third-order valence-electron chi connectivity index (χ3n) is 5.54. The molecule has 0 radical (unpaired) electrons. The average Bonchev–Trinajstić information content (AvgIpc) is 2.71. The molecule has 2 aromatic rings. The highest BCUT2D eigenvalue weighted by Gasteiger charge is 2.37. The Morgan fingerprint density at radius 1 is 1.06 bits per heavy atom. The molecule has 0 saturated heterocycles. The lowest BCUT2D eigenvalue weighted by atomic mass is 9.92. The van der Waals surface area contributed by atoms with Gasteiger partial charge in [0.15, 0.2) is 0 Å². The van der Waals surface area contributed by atoms with E-state index in [0.29, 0.717) is 19.4 Å². The Balaban J connectivity index is 1.86. The maximum atomic E-state index is 13.4. The molecule has 2 aromatic carbocycles. The van der Waals surface area contributed by atoms with E-state index >= 15 is 0 Å². The molecule has 0 fully saturated rings. The number of fused-ring (bicyclic) bond motifs is 1. The molecule has 1 unspecified atom stereocenters. The van der Waals surface area contributed by atoms with Crippen molar-refractivity contribution in [2.24, 2.45) is 5.92 Å². The van der Waals surface area contributed by atoms with Crippen LogP contribution in [0.2, 0.25) is 0 Å². The number of hydrogen-bond acceptors (Lipinski definition) is 2. The van der Waals surface area contributed by atoms with Crippen molar-refractivity contribution in [1.82, 2.24) is 9.80 Å². The van der Waals surface area contributed by atoms with Crippen molar-refractivity contribution in [1.29, 1.82) is 0 Å². The molecule has 1 aliphatic heterocycles. The van der Waals surface area contributed by atoms with Crippen molar-refractivity contribution in [3.63, 3.8) is 0 Å². The number of halogens is 3. The van der Waals surface area contributed by atoms with Crippen LogP contribution in [0.3, 0.4) is 0 Å². The first-order chi connectivity index (χ1) is 14.6. The molecule has 31 heavy (non-hydrogen) atoms. The quantitative estimate of drug-likeness (QED) is 0.689. The summed E-state index contributed by atoms with van der Waals surface area (Å²) in [5.41, 5.74) is 1.26. The fourth-order valence-electron chi connectivity index (χ4n) is 3.99. The number of hydrogen-bond donors (Lipinski definition) is 0. The van der Waals surface area contributed by atoms with E-state index in [9.17, 15) is 22.8 Å². The predicted octanol–water partition coefficient (Wildman–Crippen LogP) is 4.66. The van der Waals surface area contributed by atoms with E-state index in [0.717, 1.165) is 17.2 Å². The van der Waals surface area contributed by atoms with Gasteiger partial charge in [-0.3, -0.25) is 9.59 Å². The minimum atomic E-state index is -4.50. The third-order valence-corrected chi connectivity index (χ3v) is 5.54. The van der Waals surface area contributed by atoms with Crippen LogP contribution in [-0.4, -0.2) is 34.7 Å². The molecule has 1 aliphatic rings. The van der Waals surface area contributed by atoms with Crippen LogP contribution >= 0.6 is 0 Å². The standard InChI is InChI=1S/C24H27F3N2O2/c1-16(2)12-22(30)29-15-18-9-5-4-8-17(18)13-21(29)23(31)28(3)14-19-10-6-7-11-20(19)24(25,26)27/h4-11,16,21H,12-15H2,1-3H3. The van der Waals surface area contributed by atoms with Crippen molar-refractivity contribution in [2.45, 2.75) is 52.0 Å². The van der Waals surface area contributed by atoms with E-state index in [-0.39, 0.29) is 29.8 Å². The van der Waals surface area contributed by atoms with Gasteiger partial charge >= 0.3 is 6.18 Å². The Bertz CT molecular complexity index is 956. The second kappa shape index (κ2) is 9.12. The largest absolute Gasteiger partial charge is 0.416 e. The van der Waals surface area contributed by atoms with Gasteiger partial charge in [0.2, 0.25) is 11.8 Å². The molecule has 2 amide bonds. The summed E-state index contributed by atoms with van der Waals surface area (Å²) >= 11 is 0. The summed E-state index contributed by atoms with van der Waals surface area (Å²) in [5, 5.41) is 0. The number of benzene rings is 2. The van der Waals surface area contributed by atoms with Crippen molar-refractivity contribution in [3.8, 4) is 0 Å². The highest BCUT2D eigenvalue weighted by molar-refractivity contribution is 5.88. The first-order valence-corrected chi connectivity index (χ1v) is 10.3. The van der Waals surface area contributed by atoms with Gasteiger partial charge in [0.1, 0.15) is 6.04 Å². The highest BCUT2D eigenvalue weighted by atomic mass is 19.4. The van der Waals surface area contributed by atoms with Crippen molar-refractivity contribution in [2.75, 3.05) is 7.05 Å². The van der Waals surface area contributed by atoms with Gasteiger partial charge in [0, 0.05) is 33.0 Å². The van der Waals surface area contributed by atoms with E-state index in [1.807, 2.05) is 38.1 Å². The lowest BCUT2D eigenvalue weighted by molar-refractivity contribution is -0.147. The predicted molar refractivity (Wildman–Crippen MR) is 112 cm³/mol. The Hall–Kier alpha value is -2.83. The number of amides is 2. The van der Waals surface area contributed by atoms with Crippen LogP contribution in [0.1, 0.15) is 42.5 Å². The second-order valence-electron chi connectivity index (χ2n) is 8.46. The van der Waals surface area contributed by atoms with Crippen LogP contribution in [0.25, 0.3) is 0 Å². The summed E-state index contributed by atoms with van der Waals surface area (Å²) < 4.78 is 40.1. The molecule has 0 N–H and O–H groups in total. The monoisotopic (exact) mass is 432 g/mol. The maximum absolute atomic E-state index is 13.4. The van der Waals surface area contributed by atoms with Gasteiger partial charge in [0.25, 0.3) is 0 Å². The zero-order valence-electron chi connectivity index (χ0n) is 17.9. The zero-order valence-corrected chi connectivity index (χ0v) is 17.9. The van der Waals surface area contributed by atoms with Crippen LogP contribution in [0, 0.1) is 5.92 Å². The van der Waals surface area contributed by atoms with Gasteiger partial charge in [-0.25, -0.2) is 0 Å². The molecule has 0 spiro atoms. The maximum Gasteiger partial charge on any atom is 0.416 e. The lowest BCUT2D eigenvalue weighted by Gasteiger charge is -2.38. The SMILES string of the molecule is CC(C)CC(=O)N1Cc2ccccc2CC1C(=O)N(C)Cc1ccccc1C(F)(F)F. The third kappa shape index (κ3) is 5.27. The molecule has 0 saturated carbocycles. The summed E-state index contributed by atoms with van der Waals surface area (Å²) in [5.74, 6) is -0.340. The van der Waals surface area contributed by atoms with E-state index in [1.54, 1.807) is 4.90 Å². The highest BCUT2D eigenvalue weighted by Crippen LogP contribution is 2.33. The first-order valence-electron chi connectivity index (χ1n) is 10.3. The van der Waals surface area contributed by atoms with Gasteiger partial charge < -0.3 is 9.80 Å². The Kier molecular flexibility index (Phi) is 6.72. The molecule has 166 valence electrons. The summed E-state index contributed by atoms with van der Waals surface area (Å²) in [6.07, 6.45) is -3.83. The lowest BCUT2D eigenvalue weighted by Crippen LogP contribution is -2.53. The normalized spacial score (nSPS) is 16.2. The smallest absolute Gasteiger partial charge is 0.340 e. The topological polar surface area (TPSA) is 40.6 Å². The Labute approximate surface area is 180 Å². The van der Waals surface area contributed by atoms with E-state index in [4.69, 9.17) is 0 Å². The molecule has 0 aromatic heterocycles. The van der Waals surface area contributed by atoms with Crippen LogP contribution in [0.15, 0.2) is 48.5 Å². The number of alkyl halides is 3. The van der Waals surface area contributed by atoms with Gasteiger partial charge in [-0.05, 0) is 28.7 Å². The van der Waals surface area contributed by atoms with Crippen LogP contribution < -0.4 is 0 Å². The second-order valence-corrected chi connectivity index (χ2v) is 8.46. The zero-order chi connectivity index (χ0) is 22.8. The Morgan fingerprint density at radius 3 is 2.32 bits per heavy atom. The minimum Gasteiger partial charge on any atom is -0.340 e. The molecular formula is C24H27F3N2O2. The molecule has 0 bridgehead atoms. The number of rotatable bonds is 5. The van der Waals surface area contributed by atoms with Crippen molar-refractivity contribution >= 4 is 11.8 Å².